The second-order valence-corrected chi connectivity index (χ2v) is 5.60. The average Bonchev–Trinajstić information content (AvgIpc) is 2.53. The highest BCUT2D eigenvalue weighted by Gasteiger charge is 2.14. The molecule has 1 rings (SSSR count). The fraction of sp³-hybridized carbons (Fsp3) is 0.611. The van der Waals surface area contributed by atoms with Gasteiger partial charge in [-0.15, -0.1) is 0 Å². The molecule has 0 heterocycles. The second-order valence-electron chi connectivity index (χ2n) is 5.60. The van der Waals surface area contributed by atoms with Gasteiger partial charge in [-0.25, -0.2) is 0 Å². The number of likely N-dealkylation sites (N-methyl/N-ethyl adjacent to an activating group) is 1. The largest absolute Gasteiger partial charge is 0.343 e. The molecule has 3 nitrogen and oxygen atoms in total. The normalized spacial score (nSPS) is 12.1. The summed E-state index contributed by atoms with van der Waals surface area (Å²) in [6.45, 7) is 6.56. The first kappa shape index (κ1) is 17.7. The molecule has 0 aliphatic heterocycles. The summed E-state index contributed by atoms with van der Waals surface area (Å²) in [5.41, 5.74) is 6.90. The van der Waals surface area contributed by atoms with E-state index in [4.69, 9.17) is 5.73 Å². The lowest BCUT2D eigenvalue weighted by molar-refractivity contribution is -0.131. The first-order valence-corrected chi connectivity index (χ1v) is 8.23. The van der Waals surface area contributed by atoms with Crippen LogP contribution < -0.4 is 5.73 Å². The number of benzene rings is 1. The van der Waals surface area contributed by atoms with Crippen LogP contribution in [0.5, 0.6) is 0 Å². The van der Waals surface area contributed by atoms with Gasteiger partial charge in [0.2, 0.25) is 5.91 Å². The summed E-state index contributed by atoms with van der Waals surface area (Å²) in [6.07, 6.45) is 4.69. The van der Waals surface area contributed by atoms with Gasteiger partial charge in [-0.1, -0.05) is 43.7 Å². The summed E-state index contributed by atoms with van der Waals surface area (Å²) >= 11 is 0. The molecule has 3 heteroatoms. The molecule has 0 fully saturated rings. The van der Waals surface area contributed by atoms with Crippen molar-refractivity contribution in [2.45, 2.75) is 46.0 Å². The molecule has 1 atom stereocenters. The van der Waals surface area contributed by atoms with Crippen molar-refractivity contribution in [2.24, 2.45) is 11.7 Å². The Bertz CT molecular complexity index is 391. The molecule has 0 spiro atoms. The molecule has 1 unspecified atom stereocenters. The van der Waals surface area contributed by atoms with Gasteiger partial charge >= 0.3 is 0 Å². The third kappa shape index (κ3) is 6.76. The van der Waals surface area contributed by atoms with Crippen molar-refractivity contribution >= 4 is 5.91 Å². The highest BCUT2D eigenvalue weighted by Crippen LogP contribution is 2.15. The van der Waals surface area contributed by atoms with Gasteiger partial charge in [0, 0.05) is 19.5 Å². The maximum atomic E-state index is 12.3. The monoisotopic (exact) mass is 290 g/mol. The minimum absolute atomic E-state index is 0.281. The standard InChI is InChI=1S/C18H30N2O/c1-3-16(12-14-19)10-11-18(21)20(4-2)15-13-17-8-6-5-7-9-17/h5-9,16H,3-4,10-15,19H2,1-2H3. The summed E-state index contributed by atoms with van der Waals surface area (Å²) in [5.74, 6) is 0.871. The molecule has 1 aromatic rings. The third-order valence-corrected chi connectivity index (χ3v) is 4.17. The molecule has 21 heavy (non-hydrogen) atoms. The number of nitrogens with two attached hydrogens (primary N) is 1. The van der Waals surface area contributed by atoms with Crippen LogP contribution in [0.2, 0.25) is 0 Å². The molecule has 118 valence electrons. The van der Waals surface area contributed by atoms with Crippen LogP contribution in [0.3, 0.4) is 0 Å². The fourth-order valence-electron chi connectivity index (χ4n) is 2.64. The predicted molar refractivity (Wildman–Crippen MR) is 89.1 cm³/mol. The summed E-state index contributed by atoms with van der Waals surface area (Å²) < 4.78 is 0. The van der Waals surface area contributed by atoms with Gasteiger partial charge < -0.3 is 10.6 Å². The Morgan fingerprint density at radius 3 is 2.48 bits per heavy atom. The molecular formula is C18H30N2O. The summed E-state index contributed by atoms with van der Waals surface area (Å²) in [5, 5.41) is 0. The zero-order valence-electron chi connectivity index (χ0n) is 13.6. The van der Waals surface area contributed by atoms with Gasteiger partial charge in [0.25, 0.3) is 0 Å². The minimum Gasteiger partial charge on any atom is -0.343 e. The Morgan fingerprint density at radius 2 is 1.90 bits per heavy atom. The van der Waals surface area contributed by atoms with E-state index in [1.54, 1.807) is 0 Å². The molecular weight excluding hydrogens is 260 g/mol. The van der Waals surface area contributed by atoms with Crippen molar-refractivity contribution in [2.75, 3.05) is 19.6 Å². The number of carbonyl (C=O) groups excluding carboxylic acids is 1. The number of nitrogens with zero attached hydrogens (tertiary/aromatic N) is 1. The smallest absolute Gasteiger partial charge is 0.222 e. The lowest BCUT2D eigenvalue weighted by Crippen LogP contribution is -2.33. The third-order valence-electron chi connectivity index (χ3n) is 4.17. The molecule has 0 aliphatic rings. The summed E-state index contributed by atoms with van der Waals surface area (Å²) in [4.78, 5) is 14.3. The number of hydrogen-bond acceptors (Lipinski definition) is 2. The van der Waals surface area contributed by atoms with Gasteiger partial charge in [-0.2, -0.15) is 0 Å². The van der Waals surface area contributed by atoms with Gasteiger partial charge in [0.1, 0.15) is 0 Å². The van der Waals surface area contributed by atoms with Crippen molar-refractivity contribution in [1.29, 1.82) is 0 Å². The van der Waals surface area contributed by atoms with E-state index in [1.807, 2.05) is 23.1 Å². The topological polar surface area (TPSA) is 46.3 Å². The molecule has 0 saturated carbocycles. The van der Waals surface area contributed by atoms with E-state index >= 15 is 0 Å². The van der Waals surface area contributed by atoms with Gasteiger partial charge in [-0.05, 0) is 44.2 Å². The Kier molecular flexibility index (Phi) is 8.76. The molecule has 1 aromatic carbocycles. The SMILES string of the molecule is CCC(CCN)CCC(=O)N(CC)CCc1ccccc1. The number of carbonyl (C=O) groups is 1. The average molecular weight is 290 g/mol. The molecule has 2 N–H and O–H groups in total. The lowest BCUT2D eigenvalue weighted by Gasteiger charge is -2.22. The quantitative estimate of drug-likeness (QED) is 0.719. The van der Waals surface area contributed by atoms with E-state index in [0.717, 1.165) is 45.3 Å². The van der Waals surface area contributed by atoms with Crippen molar-refractivity contribution < 1.29 is 4.79 Å². The Balaban J connectivity index is 2.38. The van der Waals surface area contributed by atoms with E-state index in [1.165, 1.54) is 5.56 Å². The van der Waals surface area contributed by atoms with Crippen LogP contribution in [0.1, 0.15) is 45.1 Å². The maximum Gasteiger partial charge on any atom is 0.222 e. The van der Waals surface area contributed by atoms with Crippen LogP contribution in [0, 0.1) is 5.92 Å². The number of rotatable bonds is 10. The van der Waals surface area contributed by atoms with Crippen molar-refractivity contribution in [3.8, 4) is 0 Å². The summed E-state index contributed by atoms with van der Waals surface area (Å²) in [7, 11) is 0. The van der Waals surface area contributed by atoms with Crippen LogP contribution in [-0.2, 0) is 11.2 Å². The zero-order chi connectivity index (χ0) is 15.5. The van der Waals surface area contributed by atoms with E-state index in [-0.39, 0.29) is 5.91 Å². The highest BCUT2D eigenvalue weighted by atomic mass is 16.2. The van der Waals surface area contributed by atoms with Crippen LogP contribution in [0.25, 0.3) is 0 Å². The predicted octanol–water partition coefficient (Wildman–Crippen LogP) is 3.23. The lowest BCUT2D eigenvalue weighted by atomic mass is 9.96. The van der Waals surface area contributed by atoms with Gasteiger partial charge in [0.05, 0.1) is 0 Å². The Morgan fingerprint density at radius 1 is 1.19 bits per heavy atom. The molecule has 0 aromatic heterocycles. The van der Waals surface area contributed by atoms with E-state index in [9.17, 15) is 4.79 Å². The van der Waals surface area contributed by atoms with Crippen molar-refractivity contribution in [3.63, 3.8) is 0 Å². The number of hydrogen-bond donors (Lipinski definition) is 1. The van der Waals surface area contributed by atoms with Crippen molar-refractivity contribution in [3.05, 3.63) is 35.9 Å². The van der Waals surface area contributed by atoms with Crippen LogP contribution >= 0.6 is 0 Å². The first-order chi connectivity index (χ1) is 10.2. The van der Waals surface area contributed by atoms with Gasteiger partial charge in [0.15, 0.2) is 0 Å². The van der Waals surface area contributed by atoms with E-state index in [2.05, 4.69) is 26.0 Å². The molecule has 0 saturated heterocycles. The van der Waals surface area contributed by atoms with Gasteiger partial charge in [-0.3, -0.25) is 4.79 Å². The maximum absolute atomic E-state index is 12.3. The fourth-order valence-corrected chi connectivity index (χ4v) is 2.64. The minimum atomic E-state index is 0.281. The van der Waals surface area contributed by atoms with Crippen molar-refractivity contribution in [1.82, 2.24) is 4.90 Å². The molecule has 0 radical (unpaired) electrons. The molecule has 0 aliphatic carbocycles. The highest BCUT2D eigenvalue weighted by molar-refractivity contribution is 5.76. The summed E-state index contributed by atoms with van der Waals surface area (Å²) in [6, 6.07) is 10.4. The Hall–Kier alpha value is -1.35. The molecule has 1 amide bonds. The van der Waals surface area contributed by atoms with Crippen LogP contribution in [0.15, 0.2) is 30.3 Å². The first-order valence-electron chi connectivity index (χ1n) is 8.23. The molecule has 0 bridgehead atoms. The second kappa shape index (κ2) is 10.4. The Labute approximate surface area is 129 Å². The van der Waals surface area contributed by atoms with Crippen LogP contribution in [-0.4, -0.2) is 30.4 Å². The van der Waals surface area contributed by atoms with E-state index in [0.29, 0.717) is 12.3 Å². The van der Waals surface area contributed by atoms with E-state index < -0.39 is 0 Å². The van der Waals surface area contributed by atoms with Crippen LogP contribution in [0.4, 0.5) is 0 Å². The zero-order valence-corrected chi connectivity index (χ0v) is 13.6. The number of amides is 1.